The molecule has 1 saturated carbocycles. The molecule has 2 N–H and O–H groups in total. The largest absolute Gasteiger partial charge is 0.396 e. The maximum absolute atomic E-state index is 9.57. The summed E-state index contributed by atoms with van der Waals surface area (Å²) in [7, 11) is 1.95. The minimum Gasteiger partial charge on any atom is -0.396 e. The van der Waals surface area contributed by atoms with Gasteiger partial charge < -0.3 is 15.0 Å². The maximum Gasteiger partial charge on any atom is 0.199 e. The van der Waals surface area contributed by atoms with E-state index in [1.807, 2.05) is 28.7 Å². The van der Waals surface area contributed by atoms with Crippen molar-refractivity contribution in [1.29, 1.82) is 0 Å². The van der Waals surface area contributed by atoms with Gasteiger partial charge in [-0.05, 0) is 57.1 Å². The number of aryl methyl sites for hydroxylation is 2. The number of hydrogen-bond donors (Lipinski definition) is 2. The van der Waals surface area contributed by atoms with E-state index in [1.165, 1.54) is 0 Å². The van der Waals surface area contributed by atoms with E-state index in [2.05, 4.69) is 37.1 Å². The average Bonchev–Trinajstić information content (AvgIpc) is 3.46. The first kappa shape index (κ1) is 21.1. The number of thiophene rings is 1. The fourth-order valence-corrected chi connectivity index (χ4v) is 5.46. The Hall–Kier alpha value is -2.78. The standard InChI is InChI=1S/C23H29N7OS/c1-13(2)30-9-7-17(28-30)19-14(3)18-20(25-11-15-5-6-16(15)12-31)26-21(27-23(18)32-19)22-24-8-10-29(22)4/h7-10,13,15-16,31H,5-6,11-12H2,1-4H3,(H,25,26,27). The third-order valence-corrected chi connectivity index (χ3v) is 7.73. The topological polar surface area (TPSA) is 93.7 Å². The Labute approximate surface area is 191 Å². The minimum absolute atomic E-state index is 0.254. The molecule has 4 aromatic rings. The lowest BCUT2D eigenvalue weighted by atomic mass is 9.74. The zero-order valence-corrected chi connectivity index (χ0v) is 19.7. The molecule has 0 saturated heterocycles. The van der Waals surface area contributed by atoms with Crippen LogP contribution in [0.5, 0.6) is 0 Å². The zero-order chi connectivity index (χ0) is 22.4. The van der Waals surface area contributed by atoms with Gasteiger partial charge >= 0.3 is 0 Å². The van der Waals surface area contributed by atoms with E-state index >= 15 is 0 Å². The number of rotatable bonds is 7. The number of imidazole rings is 1. The Morgan fingerprint density at radius 1 is 1.22 bits per heavy atom. The number of hydrogen-bond acceptors (Lipinski definition) is 7. The van der Waals surface area contributed by atoms with Crippen molar-refractivity contribution in [2.24, 2.45) is 18.9 Å². The van der Waals surface area contributed by atoms with Crippen LogP contribution in [0.1, 0.15) is 38.3 Å². The molecular weight excluding hydrogens is 422 g/mol. The molecule has 0 aromatic carbocycles. The van der Waals surface area contributed by atoms with Crippen LogP contribution in [0.15, 0.2) is 24.7 Å². The Morgan fingerprint density at radius 2 is 2.03 bits per heavy atom. The van der Waals surface area contributed by atoms with Crippen LogP contribution in [0.4, 0.5) is 5.82 Å². The first-order valence-corrected chi connectivity index (χ1v) is 12.0. The van der Waals surface area contributed by atoms with Gasteiger partial charge in [0.1, 0.15) is 16.3 Å². The molecule has 0 spiro atoms. The highest BCUT2D eigenvalue weighted by molar-refractivity contribution is 7.22. The molecule has 1 aliphatic rings. The van der Waals surface area contributed by atoms with Crippen LogP contribution in [-0.4, -0.2) is 47.6 Å². The van der Waals surface area contributed by atoms with Crippen molar-refractivity contribution in [2.75, 3.05) is 18.5 Å². The third-order valence-electron chi connectivity index (χ3n) is 6.52. The van der Waals surface area contributed by atoms with Crippen molar-refractivity contribution >= 4 is 27.4 Å². The van der Waals surface area contributed by atoms with Gasteiger partial charge in [0.15, 0.2) is 11.6 Å². The molecule has 0 radical (unpaired) electrons. The average molecular weight is 452 g/mol. The molecule has 0 amide bonds. The van der Waals surface area contributed by atoms with E-state index in [0.717, 1.165) is 57.4 Å². The van der Waals surface area contributed by atoms with Crippen molar-refractivity contribution in [3.8, 4) is 22.2 Å². The quantitative estimate of drug-likeness (QED) is 0.436. The second kappa shape index (κ2) is 8.29. The highest BCUT2D eigenvalue weighted by Gasteiger charge is 2.30. The summed E-state index contributed by atoms with van der Waals surface area (Å²) in [6, 6.07) is 2.38. The van der Waals surface area contributed by atoms with Gasteiger partial charge in [0, 0.05) is 44.8 Å². The molecule has 1 fully saturated rings. The fourth-order valence-electron chi connectivity index (χ4n) is 4.31. The van der Waals surface area contributed by atoms with E-state index in [-0.39, 0.29) is 6.61 Å². The van der Waals surface area contributed by atoms with Gasteiger partial charge in [0.2, 0.25) is 0 Å². The second-order valence-corrected chi connectivity index (χ2v) is 9.93. The summed E-state index contributed by atoms with van der Waals surface area (Å²) in [5, 5.41) is 19.0. The molecule has 4 aromatic heterocycles. The van der Waals surface area contributed by atoms with Crippen LogP contribution in [-0.2, 0) is 7.05 Å². The Bertz CT molecular complexity index is 1250. The summed E-state index contributed by atoms with van der Waals surface area (Å²) < 4.78 is 3.92. The molecule has 168 valence electrons. The number of nitrogens with one attached hydrogen (secondary N) is 1. The highest BCUT2D eigenvalue weighted by Crippen LogP contribution is 2.41. The van der Waals surface area contributed by atoms with Crippen molar-refractivity contribution in [3.63, 3.8) is 0 Å². The van der Waals surface area contributed by atoms with Gasteiger partial charge in [-0.1, -0.05) is 0 Å². The predicted octanol–water partition coefficient (Wildman–Crippen LogP) is 4.28. The lowest BCUT2D eigenvalue weighted by Gasteiger charge is -2.35. The van der Waals surface area contributed by atoms with Crippen molar-refractivity contribution < 1.29 is 5.11 Å². The molecule has 0 aliphatic heterocycles. The van der Waals surface area contributed by atoms with Crippen LogP contribution in [0.2, 0.25) is 0 Å². The van der Waals surface area contributed by atoms with Gasteiger partial charge in [-0.15, -0.1) is 11.3 Å². The summed E-state index contributed by atoms with van der Waals surface area (Å²) >= 11 is 1.65. The number of fused-ring (bicyclic) bond motifs is 1. The molecule has 32 heavy (non-hydrogen) atoms. The number of anilines is 1. The Kier molecular flexibility index (Phi) is 5.46. The first-order chi connectivity index (χ1) is 15.5. The SMILES string of the molecule is Cc1c(-c2ccn(C(C)C)n2)sc2nc(-c3nccn3C)nc(NCC3CCC3CO)c12. The molecule has 4 heterocycles. The number of aromatic nitrogens is 6. The van der Waals surface area contributed by atoms with Gasteiger partial charge in [-0.2, -0.15) is 5.10 Å². The van der Waals surface area contributed by atoms with E-state index in [9.17, 15) is 5.11 Å². The first-order valence-electron chi connectivity index (χ1n) is 11.1. The van der Waals surface area contributed by atoms with Crippen molar-refractivity contribution in [1.82, 2.24) is 29.3 Å². The van der Waals surface area contributed by atoms with Gasteiger partial charge in [-0.25, -0.2) is 15.0 Å². The fraction of sp³-hybridized carbons (Fsp3) is 0.478. The smallest absolute Gasteiger partial charge is 0.199 e. The maximum atomic E-state index is 9.57. The minimum atomic E-state index is 0.254. The molecule has 8 nitrogen and oxygen atoms in total. The van der Waals surface area contributed by atoms with Crippen LogP contribution < -0.4 is 5.32 Å². The summed E-state index contributed by atoms with van der Waals surface area (Å²) in [5.41, 5.74) is 2.10. The molecular formula is C23H29N7OS. The van der Waals surface area contributed by atoms with Crippen LogP contribution >= 0.6 is 11.3 Å². The van der Waals surface area contributed by atoms with E-state index < -0.39 is 0 Å². The summed E-state index contributed by atoms with van der Waals surface area (Å²) in [6.45, 7) is 7.42. The van der Waals surface area contributed by atoms with Crippen molar-refractivity contribution in [2.45, 2.75) is 39.7 Å². The number of aliphatic hydroxyl groups is 1. The summed E-state index contributed by atoms with van der Waals surface area (Å²) in [6.07, 6.45) is 7.93. The summed E-state index contributed by atoms with van der Waals surface area (Å²) in [5.74, 6) is 3.04. The molecule has 2 atom stereocenters. The van der Waals surface area contributed by atoms with Gasteiger partial charge in [-0.3, -0.25) is 4.68 Å². The van der Waals surface area contributed by atoms with Gasteiger partial charge in [0.05, 0.1) is 10.3 Å². The zero-order valence-electron chi connectivity index (χ0n) is 18.9. The van der Waals surface area contributed by atoms with Crippen LogP contribution in [0, 0.1) is 18.8 Å². The predicted molar refractivity (Wildman–Crippen MR) is 128 cm³/mol. The molecule has 5 rings (SSSR count). The Morgan fingerprint density at radius 3 is 2.66 bits per heavy atom. The molecule has 2 unspecified atom stereocenters. The van der Waals surface area contributed by atoms with E-state index in [4.69, 9.17) is 15.1 Å². The third kappa shape index (κ3) is 3.59. The monoisotopic (exact) mass is 451 g/mol. The summed E-state index contributed by atoms with van der Waals surface area (Å²) in [4.78, 5) is 16.3. The number of aliphatic hydroxyl groups excluding tert-OH is 1. The molecule has 1 aliphatic carbocycles. The second-order valence-electron chi connectivity index (χ2n) is 8.93. The molecule has 0 bridgehead atoms. The van der Waals surface area contributed by atoms with E-state index in [1.54, 1.807) is 17.5 Å². The van der Waals surface area contributed by atoms with Crippen LogP contribution in [0.25, 0.3) is 32.4 Å². The van der Waals surface area contributed by atoms with Crippen LogP contribution in [0.3, 0.4) is 0 Å². The molecule has 9 heteroatoms. The Balaban J connectivity index is 1.59. The van der Waals surface area contributed by atoms with E-state index in [0.29, 0.717) is 23.7 Å². The normalized spacial score (nSPS) is 18.4. The van der Waals surface area contributed by atoms with Gasteiger partial charge in [0.25, 0.3) is 0 Å². The number of nitrogens with zero attached hydrogens (tertiary/aromatic N) is 6. The highest BCUT2D eigenvalue weighted by atomic mass is 32.1. The lowest BCUT2D eigenvalue weighted by Crippen LogP contribution is -2.34. The lowest BCUT2D eigenvalue weighted by molar-refractivity contribution is 0.0989. The van der Waals surface area contributed by atoms with Crippen molar-refractivity contribution in [3.05, 3.63) is 30.2 Å².